The first-order valence-corrected chi connectivity index (χ1v) is 7.58. The molecule has 23 heavy (non-hydrogen) atoms. The van der Waals surface area contributed by atoms with E-state index in [2.05, 4.69) is 11.4 Å². The second-order valence-corrected chi connectivity index (χ2v) is 5.81. The monoisotopic (exact) mass is 305 g/mol. The Kier molecular flexibility index (Phi) is 4.02. The minimum absolute atomic E-state index is 0.176. The molecular formula is C20H19NO2. The van der Waals surface area contributed by atoms with Crippen molar-refractivity contribution in [3.63, 3.8) is 0 Å². The van der Waals surface area contributed by atoms with Gasteiger partial charge in [0, 0.05) is 17.1 Å². The molecule has 0 atom stereocenters. The fourth-order valence-corrected chi connectivity index (χ4v) is 2.43. The van der Waals surface area contributed by atoms with Gasteiger partial charge in [0.2, 0.25) is 5.91 Å². The van der Waals surface area contributed by atoms with Crippen LogP contribution in [0.5, 0.6) is 0 Å². The van der Waals surface area contributed by atoms with Gasteiger partial charge >= 0.3 is 0 Å². The fraction of sp³-hybridized carbons (Fsp3) is 0.150. The molecule has 0 spiro atoms. The molecule has 3 aromatic rings. The van der Waals surface area contributed by atoms with Crippen molar-refractivity contribution in [1.82, 2.24) is 0 Å². The summed E-state index contributed by atoms with van der Waals surface area (Å²) in [6.07, 6.45) is 3.17. The molecule has 3 heteroatoms. The molecule has 116 valence electrons. The molecule has 0 fully saturated rings. The van der Waals surface area contributed by atoms with E-state index in [4.69, 9.17) is 4.42 Å². The number of rotatable bonds is 3. The highest BCUT2D eigenvalue weighted by atomic mass is 16.3. The second kappa shape index (κ2) is 6.13. The Balaban J connectivity index is 1.72. The van der Waals surface area contributed by atoms with Crippen molar-refractivity contribution in [2.24, 2.45) is 0 Å². The van der Waals surface area contributed by atoms with Crippen LogP contribution in [0.3, 0.4) is 0 Å². The minimum Gasteiger partial charge on any atom is -0.457 e. The van der Waals surface area contributed by atoms with Gasteiger partial charge in [0.1, 0.15) is 11.3 Å². The van der Waals surface area contributed by atoms with Crippen LogP contribution in [0.4, 0.5) is 5.69 Å². The van der Waals surface area contributed by atoms with Gasteiger partial charge in [0.15, 0.2) is 0 Å². The molecule has 0 aliphatic rings. The Labute approximate surface area is 135 Å². The van der Waals surface area contributed by atoms with Crippen LogP contribution in [-0.2, 0) is 4.79 Å². The van der Waals surface area contributed by atoms with Crippen molar-refractivity contribution in [1.29, 1.82) is 0 Å². The van der Waals surface area contributed by atoms with E-state index in [0.29, 0.717) is 5.76 Å². The highest BCUT2D eigenvalue weighted by Gasteiger charge is 2.03. The smallest absolute Gasteiger partial charge is 0.248 e. The number of anilines is 1. The quantitative estimate of drug-likeness (QED) is 0.691. The molecule has 3 nitrogen and oxygen atoms in total. The van der Waals surface area contributed by atoms with Crippen molar-refractivity contribution < 1.29 is 9.21 Å². The van der Waals surface area contributed by atoms with Crippen LogP contribution in [0, 0.1) is 20.8 Å². The van der Waals surface area contributed by atoms with Gasteiger partial charge in [0.25, 0.3) is 0 Å². The van der Waals surface area contributed by atoms with Crippen molar-refractivity contribution in [2.75, 3.05) is 5.32 Å². The summed E-state index contributed by atoms with van der Waals surface area (Å²) in [7, 11) is 0. The van der Waals surface area contributed by atoms with E-state index in [-0.39, 0.29) is 5.91 Å². The molecule has 0 unspecified atom stereocenters. The van der Waals surface area contributed by atoms with Crippen molar-refractivity contribution in [3.8, 4) is 0 Å². The molecule has 0 saturated carbocycles. The lowest BCUT2D eigenvalue weighted by atomic mass is 10.1. The number of aryl methyl sites for hydroxylation is 3. The standard InChI is InChI=1S/C20H19NO2/c1-13-4-8-19-16(10-13)12-18(23-19)7-9-20(22)21-17-6-5-14(2)15(3)11-17/h4-12H,1-3H3,(H,21,22)/b9-7+. The zero-order valence-corrected chi connectivity index (χ0v) is 13.5. The lowest BCUT2D eigenvalue weighted by Gasteiger charge is -2.05. The maximum absolute atomic E-state index is 12.0. The van der Waals surface area contributed by atoms with Crippen LogP contribution in [0.2, 0.25) is 0 Å². The topological polar surface area (TPSA) is 42.2 Å². The Hall–Kier alpha value is -2.81. The van der Waals surface area contributed by atoms with Gasteiger partial charge in [-0.1, -0.05) is 17.7 Å². The van der Waals surface area contributed by atoms with Crippen LogP contribution in [0.25, 0.3) is 17.0 Å². The first kappa shape index (κ1) is 15.1. The summed E-state index contributed by atoms with van der Waals surface area (Å²) < 4.78 is 5.69. The van der Waals surface area contributed by atoms with E-state index in [9.17, 15) is 4.79 Å². The van der Waals surface area contributed by atoms with Crippen LogP contribution in [-0.4, -0.2) is 5.91 Å². The largest absolute Gasteiger partial charge is 0.457 e. The Morgan fingerprint density at radius 2 is 1.83 bits per heavy atom. The number of fused-ring (bicyclic) bond motifs is 1. The van der Waals surface area contributed by atoms with E-state index in [1.807, 2.05) is 57.2 Å². The normalized spacial score (nSPS) is 11.3. The van der Waals surface area contributed by atoms with Crippen LogP contribution < -0.4 is 5.32 Å². The Morgan fingerprint density at radius 1 is 1.00 bits per heavy atom. The summed E-state index contributed by atoms with van der Waals surface area (Å²) in [4.78, 5) is 12.0. The number of nitrogens with one attached hydrogen (secondary N) is 1. The molecule has 1 N–H and O–H groups in total. The summed E-state index contributed by atoms with van der Waals surface area (Å²) in [6.45, 7) is 6.11. The van der Waals surface area contributed by atoms with Crippen LogP contribution in [0.1, 0.15) is 22.5 Å². The summed E-state index contributed by atoms with van der Waals surface area (Å²) in [5, 5.41) is 3.90. The molecule has 1 heterocycles. The Bertz CT molecular complexity index is 903. The van der Waals surface area contributed by atoms with Gasteiger partial charge in [0.05, 0.1) is 0 Å². The zero-order valence-electron chi connectivity index (χ0n) is 13.5. The molecule has 1 amide bonds. The van der Waals surface area contributed by atoms with Gasteiger partial charge in [-0.05, 0) is 68.3 Å². The highest BCUT2D eigenvalue weighted by molar-refractivity contribution is 6.02. The fourth-order valence-electron chi connectivity index (χ4n) is 2.43. The van der Waals surface area contributed by atoms with Crippen molar-refractivity contribution in [3.05, 3.63) is 71.0 Å². The van der Waals surface area contributed by atoms with E-state index >= 15 is 0 Å². The molecule has 2 aromatic carbocycles. The third-order valence-corrected chi connectivity index (χ3v) is 3.86. The van der Waals surface area contributed by atoms with E-state index in [0.717, 1.165) is 22.2 Å². The average Bonchev–Trinajstić information content (AvgIpc) is 2.91. The van der Waals surface area contributed by atoms with Crippen molar-refractivity contribution >= 4 is 28.6 Å². The SMILES string of the molecule is Cc1ccc2oc(/C=C/C(=O)Nc3ccc(C)c(C)c3)cc2c1. The average molecular weight is 305 g/mol. The third kappa shape index (κ3) is 3.51. The second-order valence-electron chi connectivity index (χ2n) is 5.81. The number of carbonyl (C=O) groups excluding carboxylic acids is 1. The molecule has 0 saturated heterocycles. The van der Waals surface area contributed by atoms with Crippen LogP contribution >= 0.6 is 0 Å². The number of carbonyl (C=O) groups is 1. The van der Waals surface area contributed by atoms with Gasteiger partial charge in [-0.25, -0.2) is 0 Å². The number of amides is 1. The predicted molar refractivity (Wildman–Crippen MR) is 94.5 cm³/mol. The number of hydrogen-bond acceptors (Lipinski definition) is 2. The third-order valence-electron chi connectivity index (χ3n) is 3.86. The van der Waals surface area contributed by atoms with Gasteiger partial charge < -0.3 is 9.73 Å². The van der Waals surface area contributed by atoms with Crippen LogP contribution in [0.15, 0.2) is 53.0 Å². The lowest BCUT2D eigenvalue weighted by molar-refractivity contribution is -0.111. The molecule has 0 bridgehead atoms. The summed E-state index contributed by atoms with van der Waals surface area (Å²) >= 11 is 0. The number of furan rings is 1. The maximum atomic E-state index is 12.0. The molecule has 0 aliphatic carbocycles. The molecule has 1 aromatic heterocycles. The zero-order chi connectivity index (χ0) is 16.4. The number of hydrogen-bond donors (Lipinski definition) is 1. The first-order chi connectivity index (χ1) is 11.0. The van der Waals surface area contributed by atoms with E-state index in [1.165, 1.54) is 17.2 Å². The molecule has 0 aliphatic heterocycles. The van der Waals surface area contributed by atoms with E-state index in [1.54, 1.807) is 6.08 Å². The summed E-state index contributed by atoms with van der Waals surface area (Å²) in [5.74, 6) is 0.491. The van der Waals surface area contributed by atoms with E-state index < -0.39 is 0 Å². The maximum Gasteiger partial charge on any atom is 0.248 e. The predicted octanol–water partition coefficient (Wildman–Crippen LogP) is 5.01. The minimum atomic E-state index is -0.176. The molecular weight excluding hydrogens is 286 g/mol. The first-order valence-electron chi connectivity index (χ1n) is 7.58. The number of benzene rings is 2. The van der Waals surface area contributed by atoms with Crippen molar-refractivity contribution in [2.45, 2.75) is 20.8 Å². The Morgan fingerprint density at radius 3 is 2.61 bits per heavy atom. The lowest BCUT2D eigenvalue weighted by Crippen LogP contribution is -2.07. The summed E-state index contributed by atoms with van der Waals surface area (Å²) in [5.41, 5.74) is 5.16. The highest BCUT2D eigenvalue weighted by Crippen LogP contribution is 2.21. The van der Waals surface area contributed by atoms with Gasteiger partial charge in [-0.15, -0.1) is 0 Å². The molecule has 3 rings (SSSR count). The summed E-state index contributed by atoms with van der Waals surface area (Å²) in [6, 6.07) is 13.8. The van der Waals surface area contributed by atoms with Gasteiger partial charge in [-0.2, -0.15) is 0 Å². The van der Waals surface area contributed by atoms with Gasteiger partial charge in [-0.3, -0.25) is 4.79 Å². The molecule has 0 radical (unpaired) electrons.